The Kier molecular flexibility index (Phi) is 3.21. The van der Waals surface area contributed by atoms with E-state index in [-0.39, 0.29) is 0 Å². The number of nitrogens with zero attached hydrogens (tertiary/aromatic N) is 3. The van der Waals surface area contributed by atoms with Crippen molar-refractivity contribution in [2.24, 2.45) is 0 Å². The number of hydrogen-bond acceptors (Lipinski definition) is 5. The normalized spacial score (nSPS) is 17.4. The highest BCUT2D eigenvalue weighted by Crippen LogP contribution is 2.13. The Bertz CT molecular complexity index is 286. The summed E-state index contributed by atoms with van der Waals surface area (Å²) in [4.78, 5) is 2.02. The van der Waals surface area contributed by atoms with Crippen molar-refractivity contribution in [2.75, 3.05) is 37.1 Å². The van der Waals surface area contributed by atoms with Crippen LogP contribution in [0.15, 0.2) is 4.42 Å². The second-order valence-corrected chi connectivity index (χ2v) is 3.39. The topological polar surface area (TPSA) is 51.4 Å². The van der Waals surface area contributed by atoms with Gasteiger partial charge in [-0.3, -0.25) is 0 Å². The van der Waals surface area contributed by atoms with Crippen molar-refractivity contribution < 1.29 is 9.15 Å². The molecule has 0 aliphatic carbocycles. The molecular formula is C8H12ClN3O2. The first-order chi connectivity index (χ1) is 6.90. The molecule has 1 aliphatic heterocycles. The van der Waals surface area contributed by atoms with Gasteiger partial charge in [0.2, 0.25) is 5.89 Å². The summed E-state index contributed by atoms with van der Waals surface area (Å²) in [5.74, 6) is 1.10. The Morgan fingerprint density at radius 2 is 2.07 bits per heavy atom. The van der Waals surface area contributed by atoms with Gasteiger partial charge in [0.1, 0.15) is 0 Å². The lowest BCUT2D eigenvalue weighted by atomic mass is 10.4. The maximum Gasteiger partial charge on any atom is 0.318 e. The third-order valence-electron chi connectivity index (χ3n) is 2.05. The molecule has 0 saturated carbocycles. The lowest BCUT2D eigenvalue weighted by molar-refractivity contribution is 0.120. The molecule has 0 bridgehead atoms. The maximum atomic E-state index is 5.57. The molecule has 0 radical (unpaired) electrons. The first kappa shape index (κ1) is 9.73. The molecular weight excluding hydrogens is 206 g/mol. The van der Waals surface area contributed by atoms with Gasteiger partial charge in [0.25, 0.3) is 0 Å². The summed E-state index contributed by atoms with van der Waals surface area (Å²) < 4.78 is 10.7. The van der Waals surface area contributed by atoms with Gasteiger partial charge in [0.05, 0.1) is 13.2 Å². The fraction of sp³-hybridized carbons (Fsp3) is 0.750. The molecule has 0 atom stereocenters. The molecule has 1 aromatic rings. The first-order valence-electron chi connectivity index (χ1n) is 4.61. The van der Waals surface area contributed by atoms with E-state index in [0.717, 1.165) is 13.1 Å². The van der Waals surface area contributed by atoms with Crippen LogP contribution in [0.3, 0.4) is 0 Å². The van der Waals surface area contributed by atoms with Crippen molar-refractivity contribution >= 4 is 17.6 Å². The molecule has 1 aromatic heterocycles. The summed E-state index contributed by atoms with van der Waals surface area (Å²) in [6.07, 6.45) is 0.624. The Balaban J connectivity index is 2.00. The number of ether oxygens (including phenoxy) is 1. The molecule has 0 unspecified atom stereocenters. The van der Waals surface area contributed by atoms with Crippen LogP contribution in [-0.2, 0) is 11.2 Å². The minimum absolute atomic E-state index is 0.505. The van der Waals surface area contributed by atoms with Crippen molar-refractivity contribution in [3.63, 3.8) is 0 Å². The van der Waals surface area contributed by atoms with Gasteiger partial charge < -0.3 is 14.1 Å². The maximum absolute atomic E-state index is 5.57. The van der Waals surface area contributed by atoms with Gasteiger partial charge in [-0.05, 0) is 0 Å². The van der Waals surface area contributed by atoms with Crippen LogP contribution < -0.4 is 4.90 Å². The van der Waals surface area contributed by atoms with Crippen LogP contribution in [0.1, 0.15) is 5.89 Å². The monoisotopic (exact) mass is 217 g/mol. The molecule has 14 heavy (non-hydrogen) atoms. The van der Waals surface area contributed by atoms with Crippen LogP contribution in [0.4, 0.5) is 6.01 Å². The predicted octanol–water partition coefficient (Wildman–Crippen LogP) is 0.687. The van der Waals surface area contributed by atoms with Crippen molar-refractivity contribution in [1.29, 1.82) is 0 Å². The number of aromatic nitrogens is 2. The minimum atomic E-state index is 0.505. The Morgan fingerprint density at radius 1 is 1.29 bits per heavy atom. The highest BCUT2D eigenvalue weighted by atomic mass is 35.5. The number of rotatable bonds is 3. The summed E-state index contributed by atoms with van der Waals surface area (Å²) in [5, 5.41) is 7.85. The number of alkyl halides is 1. The summed E-state index contributed by atoms with van der Waals surface area (Å²) in [7, 11) is 0. The summed E-state index contributed by atoms with van der Waals surface area (Å²) in [6.45, 7) is 3.05. The molecule has 2 heterocycles. The van der Waals surface area contributed by atoms with E-state index in [9.17, 15) is 0 Å². The number of morpholine rings is 1. The van der Waals surface area contributed by atoms with Gasteiger partial charge in [-0.25, -0.2) is 0 Å². The number of anilines is 1. The van der Waals surface area contributed by atoms with Crippen LogP contribution in [0.5, 0.6) is 0 Å². The highest BCUT2D eigenvalue weighted by molar-refractivity contribution is 6.17. The van der Waals surface area contributed by atoms with Crippen LogP contribution in [0, 0.1) is 0 Å². The SMILES string of the molecule is ClCCc1nnc(N2CCOCC2)o1. The van der Waals surface area contributed by atoms with Crippen LogP contribution in [0.2, 0.25) is 0 Å². The lowest BCUT2D eigenvalue weighted by Crippen LogP contribution is -2.36. The minimum Gasteiger partial charge on any atom is -0.408 e. The van der Waals surface area contributed by atoms with E-state index in [4.69, 9.17) is 20.8 Å². The predicted molar refractivity (Wildman–Crippen MR) is 51.8 cm³/mol. The van der Waals surface area contributed by atoms with Crippen molar-refractivity contribution in [2.45, 2.75) is 6.42 Å². The molecule has 0 amide bonds. The van der Waals surface area contributed by atoms with Gasteiger partial charge in [-0.1, -0.05) is 5.10 Å². The zero-order valence-electron chi connectivity index (χ0n) is 7.78. The third kappa shape index (κ3) is 2.16. The van der Waals surface area contributed by atoms with Crippen LogP contribution >= 0.6 is 11.6 Å². The van der Waals surface area contributed by atoms with Gasteiger partial charge in [-0.15, -0.1) is 16.7 Å². The van der Waals surface area contributed by atoms with E-state index in [2.05, 4.69) is 10.2 Å². The molecule has 0 spiro atoms. The van der Waals surface area contributed by atoms with E-state index < -0.39 is 0 Å². The van der Waals surface area contributed by atoms with Gasteiger partial charge in [0, 0.05) is 25.4 Å². The number of aryl methyl sites for hydroxylation is 1. The molecule has 0 N–H and O–H groups in total. The molecule has 2 rings (SSSR count). The molecule has 1 aliphatic rings. The quantitative estimate of drug-likeness (QED) is 0.698. The Morgan fingerprint density at radius 3 is 2.79 bits per heavy atom. The largest absolute Gasteiger partial charge is 0.408 e. The molecule has 78 valence electrons. The third-order valence-corrected chi connectivity index (χ3v) is 2.24. The van der Waals surface area contributed by atoms with Crippen molar-refractivity contribution in [1.82, 2.24) is 10.2 Å². The van der Waals surface area contributed by atoms with Crippen LogP contribution in [0.25, 0.3) is 0 Å². The van der Waals surface area contributed by atoms with Gasteiger partial charge in [-0.2, -0.15) is 0 Å². The van der Waals surface area contributed by atoms with E-state index in [1.54, 1.807) is 0 Å². The fourth-order valence-electron chi connectivity index (χ4n) is 1.31. The van der Waals surface area contributed by atoms with Crippen molar-refractivity contribution in [3.05, 3.63) is 5.89 Å². The molecule has 1 saturated heterocycles. The van der Waals surface area contributed by atoms with Gasteiger partial charge in [0.15, 0.2) is 0 Å². The second-order valence-electron chi connectivity index (χ2n) is 3.02. The average Bonchev–Trinajstić information content (AvgIpc) is 2.68. The lowest BCUT2D eigenvalue weighted by Gasteiger charge is -2.24. The number of hydrogen-bond donors (Lipinski definition) is 0. The van der Waals surface area contributed by atoms with E-state index in [1.165, 1.54) is 0 Å². The summed E-state index contributed by atoms with van der Waals surface area (Å²) in [6, 6.07) is 0.577. The molecule has 0 aromatic carbocycles. The first-order valence-corrected chi connectivity index (χ1v) is 5.14. The standard InChI is InChI=1S/C8H12ClN3O2/c9-2-1-7-10-11-8(14-7)12-3-5-13-6-4-12/h1-6H2. The summed E-state index contributed by atoms with van der Waals surface area (Å²) in [5.41, 5.74) is 0. The molecule has 1 fully saturated rings. The Hall–Kier alpha value is -0.810. The van der Waals surface area contributed by atoms with E-state index >= 15 is 0 Å². The summed E-state index contributed by atoms with van der Waals surface area (Å²) >= 11 is 5.57. The van der Waals surface area contributed by atoms with E-state index in [0.29, 0.717) is 37.4 Å². The highest BCUT2D eigenvalue weighted by Gasteiger charge is 2.16. The second kappa shape index (κ2) is 4.61. The Labute approximate surface area is 87.0 Å². The van der Waals surface area contributed by atoms with Crippen LogP contribution in [-0.4, -0.2) is 42.4 Å². The number of halogens is 1. The zero-order chi connectivity index (χ0) is 9.80. The van der Waals surface area contributed by atoms with Gasteiger partial charge >= 0.3 is 6.01 Å². The van der Waals surface area contributed by atoms with E-state index in [1.807, 2.05) is 4.90 Å². The smallest absolute Gasteiger partial charge is 0.318 e. The van der Waals surface area contributed by atoms with Crippen molar-refractivity contribution in [3.8, 4) is 0 Å². The molecule has 6 heteroatoms. The molecule has 5 nitrogen and oxygen atoms in total. The average molecular weight is 218 g/mol. The fourth-order valence-corrected chi connectivity index (χ4v) is 1.47. The zero-order valence-corrected chi connectivity index (χ0v) is 8.53.